The second-order valence-corrected chi connectivity index (χ2v) is 11.0. The van der Waals surface area contributed by atoms with Crippen molar-refractivity contribution >= 4 is 5.78 Å². The number of Topliss-reactive ketones (excluding diaryl/α,β-unsaturated/α-hetero) is 1. The number of β-amino-alcohol motifs (C(OH)–C–C–N with tert-alkyl or cyclic N) is 1. The van der Waals surface area contributed by atoms with Crippen LogP contribution in [0.4, 0.5) is 4.39 Å². The number of benzene rings is 2. The number of ketones is 1. The molecule has 39 heavy (non-hydrogen) atoms. The zero-order chi connectivity index (χ0) is 27.8. The maximum atomic E-state index is 13.4. The van der Waals surface area contributed by atoms with Crippen molar-refractivity contribution in [3.05, 3.63) is 77.4 Å². The van der Waals surface area contributed by atoms with Crippen molar-refractivity contribution in [3.63, 3.8) is 0 Å². The predicted octanol–water partition coefficient (Wildman–Crippen LogP) is 4.08. The zero-order valence-electron chi connectivity index (χ0n) is 23.4. The SMILES string of the molecule is Cc1ccc(OC[C@@H](O)CN2CCN(CC(=O)CCc3cc(CC(C)C)n(-c4ccc(F)cc4)n3)CC2)cc1. The molecule has 4 rings (SSSR count). The van der Waals surface area contributed by atoms with E-state index in [0.29, 0.717) is 31.8 Å². The summed E-state index contributed by atoms with van der Waals surface area (Å²) >= 11 is 0. The van der Waals surface area contributed by atoms with E-state index in [0.717, 1.165) is 55.4 Å². The molecule has 0 saturated carbocycles. The molecule has 1 aromatic heterocycles. The van der Waals surface area contributed by atoms with Crippen molar-refractivity contribution < 1.29 is 19.0 Å². The van der Waals surface area contributed by atoms with Gasteiger partial charge in [-0.05, 0) is 68.1 Å². The van der Waals surface area contributed by atoms with E-state index < -0.39 is 6.10 Å². The standard InChI is InChI=1S/C31H41FN4O3/c1-23(2)18-28-19-26(33-36(28)27-9-6-25(32)7-10-27)8-11-29(37)20-34-14-16-35(17-15-34)21-30(38)22-39-31-12-4-24(3)5-13-31/h4-7,9-10,12-13,19,23,30,38H,8,11,14-18,20-22H2,1-3H3/t30-/m0/s1. The van der Waals surface area contributed by atoms with Crippen molar-refractivity contribution in [2.75, 3.05) is 45.9 Å². The molecular weight excluding hydrogens is 495 g/mol. The number of hydrogen-bond donors (Lipinski definition) is 1. The van der Waals surface area contributed by atoms with E-state index in [1.165, 1.54) is 17.7 Å². The lowest BCUT2D eigenvalue weighted by atomic mass is 10.1. The number of aliphatic hydroxyl groups excluding tert-OH is 1. The highest BCUT2D eigenvalue weighted by Gasteiger charge is 2.21. The van der Waals surface area contributed by atoms with E-state index in [1.807, 2.05) is 35.9 Å². The number of rotatable bonds is 13. The van der Waals surface area contributed by atoms with Crippen molar-refractivity contribution in [1.82, 2.24) is 19.6 Å². The first-order valence-corrected chi connectivity index (χ1v) is 13.9. The number of carbonyl (C=O) groups excluding carboxylic acids is 1. The van der Waals surface area contributed by atoms with E-state index in [1.54, 1.807) is 12.1 Å². The summed E-state index contributed by atoms with van der Waals surface area (Å²) in [6, 6.07) is 16.2. The number of nitrogens with zero attached hydrogens (tertiary/aromatic N) is 4. The Balaban J connectivity index is 1.19. The van der Waals surface area contributed by atoms with Crippen LogP contribution in [0, 0.1) is 18.7 Å². The molecule has 1 aliphatic heterocycles. The molecule has 7 nitrogen and oxygen atoms in total. The lowest BCUT2D eigenvalue weighted by Crippen LogP contribution is -2.50. The number of aryl methyl sites for hydroxylation is 2. The third kappa shape index (κ3) is 8.98. The van der Waals surface area contributed by atoms with Gasteiger partial charge in [0.2, 0.25) is 0 Å². The quantitative estimate of drug-likeness (QED) is 0.355. The Labute approximate surface area is 231 Å². The van der Waals surface area contributed by atoms with Gasteiger partial charge in [-0.15, -0.1) is 0 Å². The highest BCUT2D eigenvalue weighted by atomic mass is 19.1. The Kier molecular flexibility index (Phi) is 10.3. The predicted molar refractivity (Wildman–Crippen MR) is 151 cm³/mol. The molecule has 210 valence electrons. The molecule has 1 aliphatic rings. The van der Waals surface area contributed by atoms with Gasteiger partial charge in [-0.3, -0.25) is 14.6 Å². The van der Waals surface area contributed by atoms with Gasteiger partial charge in [0.25, 0.3) is 0 Å². The first kappa shape index (κ1) is 28.9. The summed E-state index contributed by atoms with van der Waals surface area (Å²) in [7, 11) is 0. The molecule has 0 unspecified atom stereocenters. The van der Waals surface area contributed by atoms with E-state index in [-0.39, 0.29) is 18.2 Å². The molecule has 1 saturated heterocycles. The Hall–Kier alpha value is -3.07. The maximum Gasteiger partial charge on any atom is 0.147 e. The summed E-state index contributed by atoms with van der Waals surface area (Å²) in [5, 5.41) is 15.1. The van der Waals surface area contributed by atoms with Crippen molar-refractivity contribution in [2.24, 2.45) is 5.92 Å². The van der Waals surface area contributed by atoms with Gasteiger partial charge >= 0.3 is 0 Å². The summed E-state index contributed by atoms with van der Waals surface area (Å²) < 4.78 is 21.0. The monoisotopic (exact) mass is 536 g/mol. The van der Waals surface area contributed by atoms with Gasteiger partial charge in [-0.1, -0.05) is 31.5 Å². The van der Waals surface area contributed by atoms with Gasteiger partial charge in [-0.25, -0.2) is 9.07 Å². The number of carbonyl (C=O) groups is 1. The number of aromatic nitrogens is 2. The van der Waals surface area contributed by atoms with Gasteiger partial charge in [0.15, 0.2) is 0 Å². The minimum atomic E-state index is -0.560. The van der Waals surface area contributed by atoms with Gasteiger partial charge in [0.05, 0.1) is 17.9 Å². The van der Waals surface area contributed by atoms with Crippen LogP contribution >= 0.6 is 0 Å². The lowest BCUT2D eigenvalue weighted by Gasteiger charge is -2.35. The van der Waals surface area contributed by atoms with Crippen LogP contribution in [0.25, 0.3) is 5.69 Å². The molecule has 1 atom stereocenters. The van der Waals surface area contributed by atoms with E-state index in [9.17, 15) is 14.3 Å². The van der Waals surface area contributed by atoms with Crippen LogP contribution in [-0.4, -0.2) is 82.4 Å². The normalized spacial score (nSPS) is 15.5. The smallest absolute Gasteiger partial charge is 0.147 e. The van der Waals surface area contributed by atoms with Crippen LogP contribution in [0.2, 0.25) is 0 Å². The van der Waals surface area contributed by atoms with Crippen LogP contribution in [0.3, 0.4) is 0 Å². The van der Waals surface area contributed by atoms with Crippen LogP contribution in [-0.2, 0) is 17.6 Å². The molecule has 0 bridgehead atoms. The minimum Gasteiger partial charge on any atom is -0.491 e. The number of hydrogen-bond acceptors (Lipinski definition) is 6. The topological polar surface area (TPSA) is 70.8 Å². The lowest BCUT2D eigenvalue weighted by molar-refractivity contribution is -0.120. The first-order valence-electron chi connectivity index (χ1n) is 13.9. The highest BCUT2D eigenvalue weighted by Crippen LogP contribution is 2.18. The molecule has 0 radical (unpaired) electrons. The van der Waals surface area contributed by atoms with Gasteiger partial charge in [0.1, 0.15) is 30.1 Å². The molecule has 0 amide bonds. The first-order chi connectivity index (χ1) is 18.7. The van der Waals surface area contributed by atoms with Gasteiger partial charge < -0.3 is 9.84 Å². The summed E-state index contributed by atoms with van der Waals surface area (Å²) in [5.74, 6) is 1.15. The summed E-state index contributed by atoms with van der Waals surface area (Å²) in [4.78, 5) is 17.2. The minimum absolute atomic E-state index is 0.205. The second kappa shape index (κ2) is 13.8. The molecule has 0 aliphatic carbocycles. The summed E-state index contributed by atoms with van der Waals surface area (Å²) in [6.45, 7) is 10.8. The van der Waals surface area contributed by atoms with Crippen LogP contribution in [0.15, 0.2) is 54.6 Å². The summed E-state index contributed by atoms with van der Waals surface area (Å²) in [5.41, 5.74) is 3.96. The Morgan fingerprint density at radius 2 is 1.69 bits per heavy atom. The second-order valence-electron chi connectivity index (χ2n) is 11.0. The van der Waals surface area contributed by atoms with Crippen molar-refractivity contribution in [2.45, 2.75) is 46.1 Å². The number of aliphatic hydroxyl groups is 1. The van der Waals surface area contributed by atoms with Crippen LogP contribution < -0.4 is 4.74 Å². The van der Waals surface area contributed by atoms with E-state index in [2.05, 4.69) is 29.7 Å². The third-order valence-corrected chi connectivity index (χ3v) is 6.98. The fraction of sp³-hybridized carbons (Fsp3) is 0.484. The van der Waals surface area contributed by atoms with Crippen LogP contribution in [0.1, 0.15) is 37.2 Å². The van der Waals surface area contributed by atoms with E-state index in [4.69, 9.17) is 9.84 Å². The van der Waals surface area contributed by atoms with Crippen LogP contribution in [0.5, 0.6) is 5.75 Å². The molecular formula is C31H41FN4O3. The Morgan fingerprint density at radius 3 is 2.36 bits per heavy atom. The average Bonchev–Trinajstić information content (AvgIpc) is 3.30. The number of halogens is 1. The van der Waals surface area contributed by atoms with E-state index >= 15 is 0 Å². The molecule has 3 aromatic rings. The third-order valence-electron chi connectivity index (χ3n) is 6.98. The number of piperazine rings is 1. The van der Waals surface area contributed by atoms with Gasteiger partial charge in [-0.2, -0.15) is 5.10 Å². The van der Waals surface area contributed by atoms with Crippen molar-refractivity contribution in [1.29, 1.82) is 0 Å². The fourth-order valence-corrected chi connectivity index (χ4v) is 4.87. The van der Waals surface area contributed by atoms with Crippen molar-refractivity contribution in [3.8, 4) is 11.4 Å². The summed E-state index contributed by atoms with van der Waals surface area (Å²) in [6.07, 6.45) is 1.33. The molecule has 1 fully saturated rings. The Morgan fingerprint density at radius 1 is 1.03 bits per heavy atom. The highest BCUT2D eigenvalue weighted by molar-refractivity contribution is 5.80. The number of ether oxygens (including phenoxy) is 1. The molecule has 2 heterocycles. The Bertz CT molecular complexity index is 1190. The largest absolute Gasteiger partial charge is 0.491 e. The molecule has 1 N–H and O–H groups in total. The molecule has 8 heteroatoms. The molecule has 0 spiro atoms. The maximum absolute atomic E-state index is 13.4. The average molecular weight is 537 g/mol. The fourth-order valence-electron chi connectivity index (χ4n) is 4.87. The molecule has 2 aromatic carbocycles. The zero-order valence-corrected chi connectivity index (χ0v) is 23.4. The van der Waals surface area contributed by atoms with Gasteiger partial charge in [0, 0.05) is 44.8 Å².